The Labute approximate surface area is 182 Å². The van der Waals surface area contributed by atoms with E-state index < -0.39 is 17.7 Å². The third kappa shape index (κ3) is 4.56. The Hall–Kier alpha value is -3.32. The predicted octanol–water partition coefficient (Wildman–Crippen LogP) is 3.08. The van der Waals surface area contributed by atoms with Crippen molar-refractivity contribution in [2.24, 2.45) is 0 Å². The summed E-state index contributed by atoms with van der Waals surface area (Å²) in [5, 5.41) is 20.8. The minimum atomic E-state index is -0.731. The number of aliphatic hydroxyl groups is 1. The van der Waals surface area contributed by atoms with Crippen molar-refractivity contribution in [2.75, 3.05) is 34.3 Å². The molecule has 31 heavy (non-hydrogen) atoms. The molecule has 2 N–H and O–H groups in total. The molecule has 1 atom stereocenters. The van der Waals surface area contributed by atoms with E-state index >= 15 is 0 Å². The molecule has 1 amide bonds. The molecule has 0 aromatic heterocycles. The summed E-state index contributed by atoms with van der Waals surface area (Å²) >= 11 is 0. The van der Waals surface area contributed by atoms with Crippen molar-refractivity contribution >= 4 is 17.4 Å². The van der Waals surface area contributed by atoms with E-state index in [1.165, 1.54) is 17.0 Å². The number of benzene rings is 2. The molecule has 1 heterocycles. The van der Waals surface area contributed by atoms with Gasteiger partial charge in [0.1, 0.15) is 17.3 Å². The number of aromatic hydroxyl groups is 1. The molecule has 1 aliphatic rings. The maximum Gasteiger partial charge on any atom is 0.295 e. The molecule has 2 aromatic carbocycles. The van der Waals surface area contributed by atoms with Gasteiger partial charge in [-0.15, -0.1) is 0 Å². The smallest absolute Gasteiger partial charge is 0.295 e. The Balaban J connectivity index is 2.10. The lowest BCUT2D eigenvalue weighted by molar-refractivity contribution is -0.139. The Morgan fingerprint density at radius 2 is 1.81 bits per heavy atom. The van der Waals surface area contributed by atoms with Crippen LogP contribution in [0.1, 0.15) is 29.2 Å². The van der Waals surface area contributed by atoms with Crippen LogP contribution in [0.4, 0.5) is 0 Å². The third-order valence-corrected chi connectivity index (χ3v) is 5.42. The molecular formula is C24H28N2O5. The summed E-state index contributed by atoms with van der Waals surface area (Å²) in [4.78, 5) is 29.4. The van der Waals surface area contributed by atoms with Crippen LogP contribution in [0, 0.1) is 6.92 Å². The first kappa shape index (κ1) is 22.4. The number of rotatable bonds is 7. The van der Waals surface area contributed by atoms with Crippen LogP contribution in [-0.2, 0) is 9.59 Å². The van der Waals surface area contributed by atoms with Gasteiger partial charge in [-0.05, 0) is 75.4 Å². The lowest BCUT2D eigenvalue weighted by atomic mass is 9.94. The van der Waals surface area contributed by atoms with E-state index in [4.69, 9.17) is 4.74 Å². The predicted molar refractivity (Wildman–Crippen MR) is 118 cm³/mol. The Morgan fingerprint density at radius 3 is 2.39 bits per heavy atom. The quantitative estimate of drug-likeness (QED) is 0.403. The first-order chi connectivity index (χ1) is 14.7. The number of nitrogens with zero attached hydrogens (tertiary/aromatic N) is 2. The van der Waals surface area contributed by atoms with Crippen LogP contribution in [0.2, 0.25) is 0 Å². The number of amides is 1. The average Bonchev–Trinajstić information content (AvgIpc) is 2.98. The van der Waals surface area contributed by atoms with E-state index in [1.54, 1.807) is 37.4 Å². The van der Waals surface area contributed by atoms with Gasteiger partial charge in [-0.2, -0.15) is 0 Å². The van der Waals surface area contributed by atoms with Gasteiger partial charge in [0, 0.05) is 12.1 Å². The zero-order chi connectivity index (χ0) is 22.7. The molecule has 1 fully saturated rings. The molecule has 7 nitrogen and oxygen atoms in total. The van der Waals surface area contributed by atoms with Crippen LogP contribution in [0.15, 0.2) is 48.0 Å². The second-order valence-corrected chi connectivity index (χ2v) is 7.93. The van der Waals surface area contributed by atoms with E-state index in [0.29, 0.717) is 29.8 Å². The minimum absolute atomic E-state index is 0.0464. The van der Waals surface area contributed by atoms with E-state index in [-0.39, 0.29) is 17.1 Å². The second-order valence-electron chi connectivity index (χ2n) is 7.93. The summed E-state index contributed by atoms with van der Waals surface area (Å²) in [7, 11) is 5.45. The lowest BCUT2D eigenvalue weighted by Gasteiger charge is -2.26. The number of hydrogen-bond donors (Lipinski definition) is 2. The first-order valence-electron chi connectivity index (χ1n) is 10.1. The highest BCUT2D eigenvalue weighted by atomic mass is 16.5. The number of hydrogen-bond acceptors (Lipinski definition) is 6. The first-order valence-corrected chi connectivity index (χ1v) is 10.1. The minimum Gasteiger partial charge on any atom is -0.508 e. The van der Waals surface area contributed by atoms with Crippen LogP contribution >= 0.6 is 0 Å². The third-order valence-electron chi connectivity index (χ3n) is 5.42. The molecule has 7 heteroatoms. The Kier molecular flexibility index (Phi) is 6.65. The van der Waals surface area contributed by atoms with Crippen molar-refractivity contribution in [3.8, 4) is 11.5 Å². The number of Topliss-reactive ketones (excluding diaryl/α,β-unsaturated/α-hetero) is 1. The summed E-state index contributed by atoms with van der Waals surface area (Å²) in [6.45, 7) is 2.96. The number of phenolic OH excluding ortho intramolecular Hbond substituents is 1. The maximum atomic E-state index is 13.0. The van der Waals surface area contributed by atoms with Gasteiger partial charge in [0.2, 0.25) is 0 Å². The van der Waals surface area contributed by atoms with Crippen molar-refractivity contribution in [1.82, 2.24) is 9.80 Å². The van der Waals surface area contributed by atoms with Crippen molar-refractivity contribution in [2.45, 2.75) is 19.4 Å². The number of aryl methyl sites for hydroxylation is 1. The molecule has 164 valence electrons. The molecule has 2 aromatic rings. The van der Waals surface area contributed by atoms with E-state index in [0.717, 1.165) is 12.1 Å². The van der Waals surface area contributed by atoms with E-state index in [9.17, 15) is 19.8 Å². The van der Waals surface area contributed by atoms with Gasteiger partial charge in [0.15, 0.2) is 0 Å². The van der Waals surface area contributed by atoms with Gasteiger partial charge in [0.05, 0.1) is 18.7 Å². The zero-order valence-corrected chi connectivity index (χ0v) is 18.3. The van der Waals surface area contributed by atoms with Crippen LogP contribution in [0.25, 0.3) is 5.76 Å². The average molecular weight is 424 g/mol. The molecule has 1 aliphatic heterocycles. The summed E-state index contributed by atoms with van der Waals surface area (Å²) in [6, 6.07) is 10.7. The number of carbonyl (C=O) groups is 2. The van der Waals surface area contributed by atoms with Gasteiger partial charge in [0.25, 0.3) is 11.7 Å². The molecule has 3 rings (SSSR count). The molecule has 0 radical (unpaired) electrons. The number of ketones is 1. The maximum absolute atomic E-state index is 13.0. The van der Waals surface area contributed by atoms with Crippen molar-refractivity contribution in [3.05, 3.63) is 64.7 Å². The zero-order valence-electron chi connectivity index (χ0n) is 18.3. The number of carbonyl (C=O) groups excluding carboxylic acids is 2. The number of phenols is 1. The van der Waals surface area contributed by atoms with Crippen LogP contribution < -0.4 is 4.74 Å². The van der Waals surface area contributed by atoms with Gasteiger partial charge in [-0.25, -0.2) is 0 Å². The van der Waals surface area contributed by atoms with Crippen LogP contribution in [0.5, 0.6) is 11.5 Å². The molecule has 0 saturated carbocycles. The van der Waals surface area contributed by atoms with E-state index in [2.05, 4.69) is 0 Å². The second kappa shape index (κ2) is 9.22. The summed E-state index contributed by atoms with van der Waals surface area (Å²) < 4.78 is 5.27. The highest BCUT2D eigenvalue weighted by molar-refractivity contribution is 6.46. The molecule has 0 spiro atoms. The van der Waals surface area contributed by atoms with Crippen molar-refractivity contribution in [1.29, 1.82) is 0 Å². The van der Waals surface area contributed by atoms with Gasteiger partial charge < -0.3 is 24.7 Å². The number of likely N-dealkylation sites (tertiary alicyclic amines) is 1. The number of ether oxygens (including phenoxy) is 1. The fourth-order valence-electron chi connectivity index (χ4n) is 3.85. The molecule has 0 aliphatic carbocycles. The standard InChI is InChI=1S/C24H28N2O5/c1-15-14-17(8-11-19(15)31-4)22(28)20-21(16-6-9-18(27)10-7-16)26(24(30)23(20)29)13-5-12-25(2)3/h6-11,14,21,27-28H,5,12-13H2,1-4H3/t21-/m1/s1. The topological polar surface area (TPSA) is 90.3 Å². The summed E-state index contributed by atoms with van der Waals surface area (Å²) in [5.74, 6) is -0.829. The van der Waals surface area contributed by atoms with Gasteiger partial charge >= 0.3 is 0 Å². The SMILES string of the molecule is COc1ccc(C(O)=C2C(=O)C(=O)N(CCCN(C)C)[C@@H]2c2ccc(O)cc2)cc1C. The Bertz CT molecular complexity index is 1010. The molecule has 0 bridgehead atoms. The number of methoxy groups -OCH3 is 1. The van der Waals surface area contributed by atoms with Crippen LogP contribution in [0.3, 0.4) is 0 Å². The lowest BCUT2D eigenvalue weighted by Crippen LogP contribution is -2.32. The largest absolute Gasteiger partial charge is 0.508 e. The molecular weight excluding hydrogens is 396 g/mol. The monoisotopic (exact) mass is 424 g/mol. The summed E-state index contributed by atoms with van der Waals surface area (Å²) in [5.41, 5.74) is 1.93. The molecule has 1 saturated heterocycles. The fourth-order valence-corrected chi connectivity index (χ4v) is 3.85. The Morgan fingerprint density at radius 1 is 1.13 bits per heavy atom. The van der Waals surface area contributed by atoms with Crippen molar-refractivity contribution < 1.29 is 24.5 Å². The van der Waals surface area contributed by atoms with Gasteiger partial charge in [-0.3, -0.25) is 9.59 Å². The van der Waals surface area contributed by atoms with Crippen LogP contribution in [-0.4, -0.2) is 66.0 Å². The van der Waals surface area contributed by atoms with Gasteiger partial charge in [-0.1, -0.05) is 12.1 Å². The highest BCUT2D eigenvalue weighted by Gasteiger charge is 2.45. The fraction of sp³-hybridized carbons (Fsp3) is 0.333. The van der Waals surface area contributed by atoms with Crippen molar-refractivity contribution in [3.63, 3.8) is 0 Å². The highest BCUT2D eigenvalue weighted by Crippen LogP contribution is 2.40. The number of aliphatic hydroxyl groups excluding tert-OH is 1. The molecule has 0 unspecified atom stereocenters. The van der Waals surface area contributed by atoms with E-state index in [1.807, 2.05) is 25.9 Å². The summed E-state index contributed by atoms with van der Waals surface area (Å²) in [6.07, 6.45) is 0.677. The normalized spacial score (nSPS) is 18.1.